The lowest BCUT2D eigenvalue weighted by molar-refractivity contribution is 1.33. The molecule has 3 heteroatoms. The van der Waals surface area contributed by atoms with E-state index < -0.39 is 0 Å². The van der Waals surface area contributed by atoms with Gasteiger partial charge in [-0.25, -0.2) is 0 Å². The fourth-order valence-electron chi connectivity index (χ4n) is 1.25. The van der Waals surface area contributed by atoms with Crippen LogP contribution in [0.25, 0.3) is 11.1 Å². The van der Waals surface area contributed by atoms with Crippen LogP contribution in [-0.4, -0.2) is 4.98 Å². The molecule has 1 aromatic heterocycles. The van der Waals surface area contributed by atoms with Gasteiger partial charge in [-0.1, -0.05) is 33.6 Å². The van der Waals surface area contributed by atoms with Gasteiger partial charge in [0.05, 0.1) is 0 Å². The maximum atomic E-state index is 5.95. The summed E-state index contributed by atoms with van der Waals surface area (Å²) in [6.45, 7) is 0. The lowest BCUT2D eigenvalue weighted by atomic mass is 10.1. The van der Waals surface area contributed by atoms with E-state index in [1.54, 1.807) is 6.20 Å². The van der Waals surface area contributed by atoms with Crippen molar-refractivity contribution in [3.8, 4) is 11.1 Å². The Morgan fingerprint density at radius 2 is 2.00 bits per heavy atom. The highest BCUT2D eigenvalue weighted by atomic mass is 79.9. The Balaban J connectivity index is 2.52. The van der Waals surface area contributed by atoms with Crippen molar-refractivity contribution in [3.05, 3.63) is 52.2 Å². The van der Waals surface area contributed by atoms with Gasteiger partial charge in [-0.15, -0.1) is 0 Å². The molecular weight excluding hydrogens is 261 g/mol. The number of hydrogen-bond acceptors (Lipinski definition) is 1. The van der Waals surface area contributed by atoms with Gasteiger partial charge >= 0.3 is 0 Å². The molecule has 0 aliphatic rings. The van der Waals surface area contributed by atoms with E-state index in [0.29, 0.717) is 0 Å². The van der Waals surface area contributed by atoms with Crippen LogP contribution in [-0.2, 0) is 0 Å². The standard InChI is InChI=1S/C11H7BrClN/c12-10-4-9(5-11(13)6-10)8-2-1-3-14-7-8/h1-7H. The predicted octanol–water partition coefficient (Wildman–Crippen LogP) is 4.16. The Morgan fingerprint density at radius 3 is 2.64 bits per heavy atom. The quantitative estimate of drug-likeness (QED) is 0.756. The van der Waals surface area contributed by atoms with E-state index >= 15 is 0 Å². The smallest absolute Gasteiger partial charge is 0.0423 e. The summed E-state index contributed by atoms with van der Waals surface area (Å²) in [4.78, 5) is 4.06. The first-order valence-electron chi connectivity index (χ1n) is 4.12. The van der Waals surface area contributed by atoms with Crippen LogP contribution in [0, 0.1) is 0 Å². The fourth-order valence-corrected chi connectivity index (χ4v) is 2.11. The Kier molecular flexibility index (Phi) is 2.85. The molecule has 0 spiro atoms. The van der Waals surface area contributed by atoms with E-state index in [0.717, 1.165) is 20.6 Å². The minimum Gasteiger partial charge on any atom is -0.264 e. The van der Waals surface area contributed by atoms with Gasteiger partial charge in [0.25, 0.3) is 0 Å². The molecule has 0 fully saturated rings. The predicted molar refractivity (Wildman–Crippen MR) is 62.4 cm³/mol. The first-order chi connectivity index (χ1) is 6.75. The van der Waals surface area contributed by atoms with Crippen molar-refractivity contribution in [2.24, 2.45) is 0 Å². The summed E-state index contributed by atoms with van der Waals surface area (Å²) in [5, 5.41) is 0.721. The molecule has 0 radical (unpaired) electrons. The number of benzene rings is 1. The highest BCUT2D eigenvalue weighted by molar-refractivity contribution is 9.10. The van der Waals surface area contributed by atoms with Crippen molar-refractivity contribution >= 4 is 27.5 Å². The maximum Gasteiger partial charge on any atom is 0.0423 e. The van der Waals surface area contributed by atoms with Crippen molar-refractivity contribution in [2.75, 3.05) is 0 Å². The SMILES string of the molecule is Clc1cc(Br)cc(-c2cccnc2)c1. The average molecular weight is 269 g/mol. The molecule has 2 aromatic rings. The second kappa shape index (κ2) is 4.11. The third-order valence-electron chi connectivity index (χ3n) is 1.86. The topological polar surface area (TPSA) is 12.9 Å². The molecule has 0 unspecified atom stereocenters. The lowest BCUT2D eigenvalue weighted by Gasteiger charge is -2.02. The molecule has 70 valence electrons. The second-order valence-electron chi connectivity index (χ2n) is 2.90. The van der Waals surface area contributed by atoms with Crippen LogP contribution in [0.4, 0.5) is 0 Å². The van der Waals surface area contributed by atoms with Crippen LogP contribution in [0.2, 0.25) is 5.02 Å². The lowest BCUT2D eigenvalue weighted by Crippen LogP contribution is -1.79. The molecule has 1 heterocycles. The Morgan fingerprint density at radius 1 is 1.14 bits per heavy atom. The molecule has 1 nitrogen and oxygen atoms in total. The molecule has 0 atom stereocenters. The highest BCUT2D eigenvalue weighted by Gasteiger charge is 2.00. The molecule has 0 bridgehead atoms. The molecule has 0 aliphatic carbocycles. The summed E-state index contributed by atoms with van der Waals surface area (Å²) >= 11 is 9.36. The zero-order chi connectivity index (χ0) is 9.97. The van der Waals surface area contributed by atoms with E-state index in [1.807, 2.05) is 36.5 Å². The van der Waals surface area contributed by atoms with Crippen LogP contribution >= 0.6 is 27.5 Å². The largest absolute Gasteiger partial charge is 0.264 e. The minimum atomic E-state index is 0.721. The number of hydrogen-bond donors (Lipinski definition) is 0. The summed E-state index contributed by atoms with van der Waals surface area (Å²) < 4.78 is 0.976. The average Bonchev–Trinajstić information content (AvgIpc) is 2.18. The van der Waals surface area contributed by atoms with Crippen LogP contribution in [0.15, 0.2) is 47.2 Å². The highest BCUT2D eigenvalue weighted by Crippen LogP contribution is 2.26. The molecular formula is C11H7BrClN. The first-order valence-corrected chi connectivity index (χ1v) is 5.29. The number of halogens is 2. The molecule has 0 aliphatic heterocycles. The van der Waals surface area contributed by atoms with E-state index in [2.05, 4.69) is 20.9 Å². The zero-order valence-electron chi connectivity index (χ0n) is 7.24. The summed E-state index contributed by atoms with van der Waals surface area (Å²) in [6.07, 6.45) is 3.57. The van der Waals surface area contributed by atoms with E-state index in [-0.39, 0.29) is 0 Å². The monoisotopic (exact) mass is 267 g/mol. The van der Waals surface area contributed by atoms with Crippen molar-refractivity contribution < 1.29 is 0 Å². The first kappa shape index (κ1) is 9.69. The summed E-state index contributed by atoms with van der Waals surface area (Å²) in [5.41, 5.74) is 2.13. The van der Waals surface area contributed by atoms with E-state index in [1.165, 1.54) is 0 Å². The van der Waals surface area contributed by atoms with Gasteiger partial charge in [-0.3, -0.25) is 4.98 Å². The number of nitrogens with zero attached hydrogens (tertiary/aromatic N) is 1. The minimum absolute atomic E-state index is 0.721. The van der Waals surface area contributed by atoms with Crippen molar-refractivity contribution in [2.45, 2.75) is 0 Å². The normalized spacial score (nSPS) is 10.1. The fraction of sp³-hybridized carbons (Fsp3) is 0. The zero-order valence-corrected chi connectivity index (χ0v) is 9.59. The summed E-state index contributed by atoms with van der Waals surface area (Å²) in [5.74, 6) is 0. The molecule has 2 rings (SSSR count). The second-order valence-corrected chi connectivity index (χ2v) is 4.25. The molecule has 14 heavy (non-hydrogen) atoms. The summed E-state index contributed by atoms with van der Waals surface area (Å²) in [7, 11) is 0. The van der Waals surface area contributed by atoms with Gasteiger partial charge in [0, 0.05) is 27.5 Å². The van der Waals surface area contributed by atoms with Gasteiger partial charge in [0.2, 0.25) is 0 Å². The third kappa shape index (κ3) is 2.14. The third-order valence-corrected chi connectivity index (χ3v) is 2.53. The molecule has 0 N–H and O–H groups in total. The van der Waals surface area contributed by atoms with Crippen LogP contribution in [0.5, 0.6) is 0 Å². The van der Waals surface area contributed by atoms with Crippen LogP contribution in [0.1, 0.15) is 0 Å². The van der Waals surface area contributed by atoms with Gasteiger partial charge in [-0.2, -0.15) is 0 Å². The molecule has 0 saturated carbocycles. The Bertz CT molecular complexity index is 422. The van der Waals surface area contributed by atoms with Crippen molar-refractivity contribution in [1.29, 1.82) is 0 Å². The van der Waals surface area contributed by atoms with E-state index in [4.69, 9.17) is 11.6 Å². The van der Waals surface area contributed by atoms with Crippen LogP contribution in [0.3, 0.4) is 0 Å². The van der Waals surface area contributed by atoms with Gasteiger partial charge < -0.3 is 0 Å². The molecule has 0 saturated heterocycles. The van der Waals surface area contributed by atoms with Gasteiger partial charge in [0.15, 0.2) is 0 Å². The summed E-state index contributed by atoms with van der Waals surface area (Å²) in [6, 6.07) is 9.71. The van der Waals surface area contributed by atoms with E-state index in [9.17, 15) is 0 Å². The Labute approximate surface area is 95.9 Å². The van der Waals surface area contributed by atoms with Crippen molar-refractivity contribution in [1.82, 2.24) is 4.98 Å². The number of rotatable bonds is 1. The van der Waals surface area contributed by atoms with Crippen molar-refractivity contribution in [3.63, 3.8) is 0 Å². The maximum absolute atomic E-state index is 5.95. The molecule has 0 amide bonds. The Hall–Kier alpha value is -0.860. The number of pyridine rings is 1. The van der Waals surface area contributed by atoms with Gasteiger partial charge in [0.1, 0.15) is 0 Å². The van der Waals surface area contributed by atoms with Gasteiger partial charge in [-0.05, 0) is 29.8 Å². The molecule has 1 aromatic carbocycles. The number of aromatic nitrogens is 1. The van der Waals surface area contributed by atoms with Crippen LogP contribution < -0.4 is 0 Å².